The monoisotopic (exact) mass is 366 g/mol. The summed E-state index contributed by atoms with van der Waals surface area (Å²) >= 11 is 0. The molecule has 1 N–H and O–H groups in total. The van der Waals surface area contributed by atoms with Gasteiger partial charge in [0.2, 0.25) is 5.69 Å². The molecule has 8 heteroatoms. The predicted octanol–water partition coefficient (Wildman–Crippen LogP) is 2.67. The molecule has 0 atom stereocenters. The van der Waals surface area contributed by atoms with Crippen LogP contribution in [0.1, 0.15) is 69.2 Å². The number of aromatic nitrogens is 4. The molecule has 2 aromatic heterocycles. The molecule has 0 bridgehead atoms. The Hall–Kier alpha value is -3.29. The van der Waals surface area contributed by atoms with Crippen LogP contribution in [-0.2, 0) is 11.2 Å². The van der Waals surface area contributed by atoms with Gasteiger partial charge in [-0.15, -0.1) is 0 Å². The lowest BCUT2D eigenvalue weighted by Gasteiger charge is -2.08. The first-order valence-corrected chi connectivity index (χ1v) is 8.82. The third kappa shape index (κ3) is 3.38. The van der Waals surface area contributed by atoms with E-state index in [2.05, 4.69) is 20.3 Å². The summed E-state index contributed by atoms with van der Waals surface area (Å²) in [4.78, 5) is 29.8. The van der Waals surface area contributed by atoms with E-state index in [1.54, 1.807) is 19.1 Å². The Kier molecular flexibility index (Phi) is 4.53. The van der Waals surface area contributed by atoms with Gasteiger partial charge in [0.15, 0.2) is 11.5 Å². The number of H-pyrrole nitrogens is 1. The number of rotatable bonds is 7. The van der Waals surface area contributed by atoms with Crippen molar-refractivity contribution in [2.24, 2.45) is 0 Å². The first-order chi connectivity index (χ1) is 13.2. The van der Waals surface area contributed by atoms with Crippen molar-refractivity contribution in [3.05, 3.63) is 64.6 Å². The maximum Gasteiger partial charge on any atom is 0.361 e. The van der Waals surface area contributed by atoms with Crippen molar-refractivity contribution in [2.75, 3.05) is 6.61 Å². The maximum atomic E-state index is 13.4. The van der Waals surface area contributed by atoms with Crippen LogP contribution in [0.4, 0.5) is 0 Å². The molecule has 2 heterocycles. The Balaban J connectivity index is 1.75. The second kappa shape index (κ2) is 7.14. The number of hydrogen-bond acceptors (Lipinski definition) is 7. The SMILES string of the molecule is CCOC(=O)c1noc(C2CC2)c1C(=O)c1ccccc1Cc1ncn[nH]1. The van der Waals surface area contributed by atoms with Gasteiger partial charge in [-0.3, -0.25) is 9.89 Å². The molecule has 1 aliphatic carbocycles. The fourth-order valence-corrected chi connectivity index (χ4v) is 3.01. The third-order valence-corrected chi connectivity index (χ3v) is 4.45. The second-order valence-corrected chi connectivity index (χ2v) is 6.36. The van der Waals surface area contributed by atoms with Crippen LogP contribution >= 0.6 is 0 Å². The van der Waals surface area contributed by atoms with E-state index in [4.69, 9.17) is 9.26 Å². The topological polar surface area (TPSA) is 111 Å². The van der Waals surface area contributed by atoms with E-state index in [9.17, 15) is 9.59 Å². The number of ether oxygens (including phenoxy) is 1. The quantitative estimate of drug-likeness (QED) is 0.505. The molecule has 0 amide bonds. The van der Waals surface area contributed by atoms with Crippen molar-refractivity contribution in [3.63, 3.8) is 0 Å². The zero-order valence-electron chi connectivity index (χ0n) is 14.8. The number of carbonyl (C=O) groups is 2. The smallest absolute Gasteiger partial charge is 0.361 e. The fraction of sp³-hybridized carbons (Fsp3) is 0.316. The molecule has 1 aliphatic rings. The minimum absolute atomic E-state index is 0.0572. The number of hydrogen-bond donors (Lipinski definition) is 1. The lowest BCUT2D eigenvalue weighted by atomic mass is 9.94. The van der Waals surface area contributed by atoms with Crippen LogP contribution in [0, 0.1) is 0 Å². The van der Waals surface area contributed by atoms with Crippen molar-refractivity contribution >= 4 is 11.8 Å². The van der Waals surface area contributed by atoms with Crippen LogP contribution in [-0.4, -0.2) is 38.7 Å². The number of nitrogens with zero attached hydrogens (tertiary/aromatic N) is 3. The first-order valence-electron chi connectivity index (χ1n) is 8.82. The molecule has 138 valence electrons. The summed E-state index contributed by atoms with van der Waals surface area (Å²) in [6.45, 7) is 1.90. The van der Waals surface area contributed by atoms with Crippen LogP contribution in [0.25, 0.3) is 0 Å². The largest absolute Gasteiger partial charge is 0.461 e. The molecule has 0 unspecified atom stereocenters. The van der Waals surface area contributed by atoms with Crippen molar-refractivity contribution < 1.29 is 18.8 Å². The average molecular weight is 366 g/mol. The van der Waals surface area contributed by atoms with Gasteiger partial charge < -0.3 is 9.26 Å². The first kappa shape index (κ1) is 17.1. The maximum absolute atomic E-state index is 13.4. The second-order valence-electron chi connectivity index (χ2n) is 6.36. The molecule has 0 aliphatic heterocycles. The highest BCUT2D eigenvalue weighted by molar-refractivity contribution is 6.15. The minimum atomic E-state index is -0.649. The lowest BCUT2D eigenvalue weighted by molar-refractivity contribution is 0.0512. The van der Waals surface area contributed by atoms with E-state index < -0.39 is 5.97 Å². The molecule has 1 fully saturated rings. The van der Waals surface area contributed by atoms with E-state index in [0.29, 0.717) is 23.6 Å². The number of carbonyl (C=O) groups excluding carboxylic acids is 2. The molecule has 1 saturated carbocycles. The van der Waals surface area contributed by atoms with E-state index in [-0.39, 0.29) is 29.6 Å². The van der Waals surface area contributed by atoms with Gasteiger partial charge in [-0.2, -0.15) is 5.10 Å². The Labute approximate surface area is 154 Å². The summed E-state index contributed by atoms with van der Waals surface area (Å²) in [6.07, 6.45) is 3.67. The summed E-state index contributed by atoms with van der Waals surface area (Å²) in [5.74, 6) is 0.299. The molecule has 0 spiro atoms. The summed E-state index contributed by atoms with van der Waals surface area (Å²) < 4.78 is 10.4. The van der Waals surface area contributed by atoms with Crippen LogP contribution in [0.5, 0.6) is 0 Å². The highest BCUT2D eigenvalue weighted by Crippen LogP contribution is 2.43. The fourth-order valence-electron chi connectivity index (χ4n) is 3.01. The van der Waals surface area contributed by atoms with Gasteiger partial charge in [-0.25, -0.2) is 9.78 Å². The third-order valence-electron chi connectivity index (χ3n) is 4.45. The van der Waals surface area contributed by atoms with Gasteiger partial charge in [-0.1, -0.05) is 29.4 Å². The molecule has 3 aromatic rings. The average Bonchev–Trinajstić information content (AvgIpc) is 3.21. The van der Waals surface area contributed by atoms with Gasteiger partial charge in [-0.05, 0) is 25.3 Å². The number of benzene rings is 1. The molecule has 4 rings (SSSR count). The van der Waals surface area contributed by atoms with Crippen LogP contribution < -0.4 is 0 Å². The number of nitrogens with one attached hydrogen (secondary N) is 1. The standard InChI is InChI=1S/C19H18N4O4/c1-2-26-19(25)16-15(18(27-23-16)11-7-8-11)17(24)13-6-4-3-5-12(13)9-14-20-10-21-22-14/h3-6,10-11H,2,7-9H2,1H3,(H,20,21,22). The summed E-state index contributed by atoms with van der Waals surface area (Å²) in [7, 11) is 0. The van der Waals surface area contributed by atoms with Gasteiger partial charge in [0.05, 0.1) is 6.61 Å². The predicted molar refractivity (Wildman–Crippen MR) is 93.5 cm³/mol. The Bertz CT molecular complexity index is 974. The van der Waals surface area contributed by atoms with Crippen LogP contribution in [0.2, 0.25) is 0 Å². The minimum Gasteiger partial charge on any atom is -0.461 e. The highest BCUT2D eigenvalue weighted by atomic mass is 16.5. The highest BCUT2D eigenvalue weighted by Gasteiger charge is 2.37. The summed E-state index contributed by atoms with van der Waals surface area (Å²) in [6, 6.07) is 7.21. The molecule has 0 radical (unpaired) electrons. The van der Waals surface area contributed by atoms with Gasteiger partial charge in [0.1, 0.15) is 17.7 Å². The lowest BCUT2D eigenvalue weighted by Crippen LogP contribution is -2.14. The molecule has 8 nitrogen and oxygen atoms in total. The number of ketones is 1. The zero-order valence-corrected chi connectivity index (χ0v) is 14.8. The molecular weight excluding hydrogens is 348 g/mol. The molecule has 27 heavy (non-hydrogen) atoms. The van der Waals surface area contributed by atoms with E-state index >= 15 is 0 Å². The van der Waals surface area contributed by atoms with E-state index in [0.717, 1.165) is 18.4 Å². The molecule has 0 saturated heterocycles. The Morgan fingerprint density at radius 2 is 2.11 bits per heavy atom. The van der Waals surface area contributed by atoms with Gasteiger partial charge in [0, 0.05) is 17.9 Å². The number of aromatic amines is 1. The normalized spacial score (nSPS) is 13.5. The Morgan fingerprint density at radius 1 is 1.30 bits per heavy atom. The molecule has 1 aromatic carbocycles. The van der Waals surface area contributed by atoms with Gasteiger partial charge >= 0.3 is 5.97 Å². The van der Waals surface area contributed by atoms with Crippen LogP contribution in [0.3, 0.4) is 0 Å². The van der Waals surface area contributed by atoms with E-state index in [1.807, 2.05) is 12.1 Å². The van der Waals surface area contributed by atoms with Gasteiger partial charge in [0.25, 0.3) is 0 Å². The Morgan fingerprint density at radius 3 is 2.81 bits per heavy atom. The van der Waals surface area contributed by atoms with Crippen molar-refractivity contribution in [1.82, 2.24) is 20.3 Å². The van der Waals surface area contributed by atoms with E-state index in [1.165, 1.54) is 6.33 Å². The zero-order chi connectivity index (χ0) is 18.8. The van der Waals surface area contributed by atoms with Crippen molar-refractivity contribution in [2.45, 2.75) is 32.1 Å². The van der Waals surface area contributed by atoms with Crippen molar-refractivity contribution in [1.29, 1.82) is 0 Å². The van der Waals surface area contributed by atoms with Crippen LogP contribution in [0.15, 0.2) is 35.1 Å². The van der Waals surface area contributed by atoms with Crippen molar-refractivity contribution in [3.8, 4) is 0 Å². The summed E-state index contributed by atoms with van der Waals surface area (Å²) in [5, 5.41) is 10.5. The summed E-state index contributed by atoms with van der Waals surface area (Å²) in [5.41, 5.74) is 1.40. The number of esters is 1. The molecular formula is C19H18N4O4.